The summed E-state index contributed by atoms with van der Waals surface area (Å²) in [5.41, 5.74) is 1.36. The van der Waals surface area contributed by atoms with Gasteiger partial charge in [-0.15, -0.1) is 0 Å². The summed E-state index contributed by atoms with van der Waals surface area (Å²) < 4.78 is 5.29. The number of hydrogen-bond donors (Lipinski definition) is 2. The predicted molar refractivity (Wildman–Crippen MR) is 77.1 cm³/mol. The summed E-state index contributed by atoms with van der Waals surface area (Å²) in [6, 6.07) is 3.64. The van der Waals surface area contributed by atoms with E-state index in [1.54, 1.807) is 13.2 Å². The van der Waals surface area contributed by atoms with Crippen LogP contribution in [0.25, 0.3) is 0 Å². The van der Waals surface area contributed by atoms with Gasteiger partial charge in [-0.05, 0) is 39.3 Å². The number of benzene rings is 1. The molecule has 1 aromatic rings. The minimum atomic E-state index is -1.09. The van der Waals surface area contributed by atoms with Crippen molar-refractivity contribution in [1.82, 2.24) is 0 Å². The fraction of sp³-hybridized carbons (Fsp3) is 0.467. The quantitative estimate of drug-likeness (QED) is 0.869. The minimum absolute atomic E-state index is 0.0854. The number of amides is 1. The highest BCUT2D eigenvalue weighted by atomic mass is 16.5. The van der Waals surface area contributed by atoms with Gasteiger partial charge in [-0.2, -0.15) is 0 Å². The molecule has 0 unspecified atom stereocenters. The van der Waals surface area contributed by atoms with Crippen molar-refractivity contribution in [3.8, 4) is 5.75 Å². The van der Waals surface area contributed by atoms with Crippen molar-refractivity contribution < 1.29 is 19.4 Å². The summed E-state index contributed by atoms with van der Waals surface area (Å²) in [7, 11) is 1.58. The SMILES string of the molecule is COc1c(C)ccc(NC(=O)CC(C)(C)C(=O)O)c1C. The van der Waals surface area contributed by atoms with Crippen molar-refractivity contribution in [3.05, 3.63) is 23.3 Å². The van der Waals surface area contributed by atoms with Crippen LogP contribution < -0.4 is 10.1 Å². The van der Waals surface area contributed by atoms with Gasteiger partial charge in [-0.3, -0.25) is 9.59 Å². The third kappa shape index (κ3) is 3.50. The van der Waals surface area contributed by atoms with Crippen molar-refractivity contribution in [3.63, 3.8) is 0 Å². The van der Waals surface area contributed by atoms with Gasteiger partial charge in [0.1, 0.15) is 5.75 Å². The first kappa shape index (κ1) is 16.0. The van der Waals surface area contributed by atoms with Gasteiger partial charge in [-0.1, -0.05) is 6.07 Å². The van der Waals surface area contributed by atoms with E-state index in [1.807, 2.05) is 19.9 Å². The first-order valence-electron chi connectivity index (χ1n) is 6.36. The van der Waals surface area contributed by atoms with E-state index in [0.717, 1.165) is 16.9 Å². The molecule has 1 rings (SSSR count). The van der Waals surface area contributed by atoms with Gasteiger partial charge >= 0.3 is 5.97 Å². The number of aliphatic carboxylic acids is 1. The van der Waals surface area contributed by atoms with Crippen LogP contribution in [-0.4, -0.2) is 24.1 Å². The number of aryl methyl sites for hydroxylation is 1. The number of rotatable bonds is 5. The van der Waals surface area contributed by atoms with E-state index in [4.69, 9.17) is 9.84 Å². The molecule has 5 heteroatoms. The number of carboxylic acid groups (broad SMARTS) is 1. The number of carbonyl (C=O) groups is 2. The molecule has 5 nitrogen and oxygen atoms in total. The second-order valence-electron chi connectivity index (χ2n) is 5.50. The summed E-state index contributed by atoms with van der Waals surface area (Å²) >= 11 is 0. The van der Waals surface area contributed by atoms with Crippen LogP contribution in [0.1, 0.15) is 31.4 Å². The van der Waals surface area contributed by atoms with Crippen LogP contribution in [0.4, 0.5) is 5.69 Å². The van der Waals surface area contributed by atoms with Crippen LogP contribution in [0, 0.1) is 19.3 Å². The Labute approximate surface area is 118 Å². The lowest BCUT2D eigenvalue weighted by Gasteiger charge is -2.19. The van der Waals surface area contributed by atoms with E-state index in [9.17, 15) is 9.59 Å². The maximum absolute atomic E-state index is 12.0. The predicted octanol–water partition coefficient (Wildman–Crippen LogP) is 2.75. The van der Waals surface area contributed by atoms with Gasteiger partial charge < -0.3 is 15.2 Å². The van der Waals surface area contributed by atoms with Crippen LogP contribution in [0.3, 0.4) is 0 Å². The van der Waals surface area contributed by atoms with Crippen molar-refractivity contribution >= 4 is 17.6 Å². The Kier molecular flexibility index (Phi) is 4.76. The standard InChI is InChI=1S/C15H21NO4/c1-9-6-7-11(10(2)13(9)20-5)16-12(17)8-15(3,4)14(18)19/h6-7H,8H2,1-5H3,(H,16,17)(H,18,19). The molecule has 0 saturated carbocycles. The molecule has 110 valence electrons. The van der Waals surface area contributed by atoms with Crippen molar-refractivity contribution in [2.45, 2.75) is 34.1 Å². The summed E-state index contributed by atoms with van der Waals surface area (Å²) in [4.78, 5) is 23.0. The molecule has 0 aliphatic rings. The van der Waals surface area contributed by atoms with Crippen LogP contribution in [0.15, 0.2) is 12.1 Å². The van der Waals surface area contributed by atoms with E-state index >= 15 is 0 Å². The van der Waals surface area contributed by atoms with E-state index in [-0.39, 0.29) is 12.3 Å². The molecule has 0 spiro atoms. The summed E-state index contributed by atoms with van der Waals surface area (Å²) in [6.45, 7) is 6.82. The topological polar surface area (TPSA) is 75.6 Å². The van der Waals surface area contributed by atoms with Crippen LogP contribution in [0.2, 0.25) is 0 Å². The molecule has 0 aliphatic heterocycles. The van der Waals surface area contributed by atoms with Crippen molar-refractivity contribution in [1.29, 1.82) is 0 Å². The maximum atomic E-state index is 12.0. The largest absolute Gasteiger partial charge is 0.496 e. The highest BCUT2D eigenvalue weighted by Gasteiger charge is 2.30. The van der Waals surface area contributed by atoms with E-state index in [2.05, 4.69) is 5.32 Å². The Morgan fingerprint density at radius 1 is 1.30 bits per heavy atom. The molecule has 0 radical (unpaired) electrons. The van der Waals surface area contributed by atoms with Gasteiger partial charge in [0.05, 0.1) is 12.5 Å². The summed E-state index contributed by atoms with van der Waals surface area (Å²) in [6.07, 6.45) is -0.0854. The van der Waals surface area contributed by atoms with Crippen LogP contribution in [0.5, 0.6) is 5.75 Å². The second-order valence-corrected chi connectivity index (χ2v) is 5.50. The lowest BCUT2D eigenvalue weighted by molar-refractivity contribution is -0.148. The van der Waals surface area contributed by atoms with Gasteiger partial charge in [-0.25, -0.2) is 0 Å². The lowest BCUT2D eigenvalue weighted by atomic mass is 9.89. The molecule has 1 amide bonds. The number of nitrogens with one attached hydrogen (secondary N) is 1. The average molecular weight is 279 g/mol. The Morgan fingerprint density at radius 3 is 2.40 bits per heavy atom. The molecule has 20 heavy (non-hydrogen) atoms. The Balaban J connectivity index is 2.90. The second kappa shape index (κ2) is 5.94. The molecule has 0 bridgehead atoms. The molecular weight excluding hydrogens is 258 g/mol. The fourth-order valence-electron chi connectivity index (χ4n) is 1.95. The zero-order chi connectivity index (χ0) is 15.5. The van der Waals surface area contributed by atoms with E-state index < -0.39 is 11.4 Å². The number of hydrogen-bond acceptors (Lipinski definition) is 3. The van der Waals surface area contributed by atoms with Gasteiger partial charge in [0.15, 0.2) is 0 Å². The zero-order valence-electron chi connectivity index (χ0n) is 12.5. The monoisotopic (exact) mass is 279 g/mol. The zero-order valence-corrected chi connectivity index (χ0v) is 12.5. The molecule has 0 heterocycles. The van der Waals surface area contributed by atoms with Crippen molar-refractivity contribution in [2.24, 2.45) is 5.41 Å². The molecule has 2 N–H and O–H groups in total. The molecule has 0 aromatic heterocycles. The minimum Gasteiger partial charge on any atom is -0.496 e. The Bertz CT molecular complexity index is 535. The lowest BCUT2D eigenvalue weighted by Crippen LogP contribution is -2.29. The van der Waals surface area contributed by atoms with Crippen LogP contribution in [-0.2, 0) is 9.59 Å². The van der Waals surface area contributed by atoms with Crippen LogP contribution >= 0.6 is 0 Å². The molecular formula is C15H21NO4. The Hall–Kier alpha value is -2.04. The number of carboxylic acids is 1. The normalized spacial score (nSPS) is 11.1. The highest BCUT2D eigenvalue weighted by Crippen LogP contribution is 2.30. The molecule has 0 saturated heterocycles. The molecule has 0 atom stereocenters. The smallest absolute Gasteiger partial charge is 0.309 e. The summed E-state index contributed by atoms with van der Waals surface area (Å²) in [5.74, 6) is -0.599. The Morgan fingerprint density at radius 2 is 1.90 bits per heavy atom. The molecule has 0 fully saturated rings. The average Bonchev–Trinajstić information content (AvgIpc) is 2.32. The van der Waals surface area contributed by atoms with Gasteiger partial charge in [0.25, 0.3) is 0 Å². The van der Waals surface area contributed by atoms with E-state index in [1.165, 1.54) is 13.8 Å². The van der Waals surface area contributed by atoms with E-state index in [0.29, 0.717) is 5.69 Å². The number of methoxy groups -OCH3 is 1. The summed E-state index contributed by atoms with van der Waals surface area (Å²) in [5, 5.41) is 11.8. The van der Waals surface area contributed by atoms with Gasteiger partial charge in [0, 0.05) is 17.7 Å². The number of carbonyl (C=O) groups excluding carboxylic acids is 1. The molecule has 1 aromatic carbocycles. The molecule has 0 aliphatic carbocycles. The first-order valence-corrected chi connectivity index (χ1v) is 6.36. The fourth-order valence-corrected chi connectivity index (χ4v) is 1.95. The van der Waals surface area contributed by atoms with Gasteiger partial charge in [0.2, 0.25) is 5.91 Å². The third-order valence-electron chi connectivity index (χ3n) is 3.26. The van der Waals surface area contributed by atoms with Crippen molar-refractivity contribution in [2.75, 3.05) is 12.4 Å². The maximum Gasteiger partial charge on any atom is 0.309 e. The third-order valence-corrected chi connectivity index (χ3v) is 3.26. The highest BCUT2D eigenvalue weighted by molar-refractivity contribution is 5.95. The number of ether oxygens (including phenoxy) is 1. The first-order chi connectivity index (χ1) is 9.19. The number of anilines is 1.